The molecule has 0 aliphatic carbocycles. The first-order valence-electron chi connectivity index (χ1n) is 12.3. The number of rotatable bonds is 6. The van der Waals surface area contributed by atoms with E-state index in [2.05, 4.69) is 61.1 Å². The number of hydrogen-bond acceptors (Lipinski definition) is 2. The number of aromatic nitrogens is 2. The smallest absolute Gasteiger partial charge is 0.189 e. The zero-order valence-corrected chi connectivity index (χ0v) is 21.9. The Morgan fingerprint density at radius 1 is 0.657 bits per heavy atom. The highest BCUT2D eigenvalue weighted by molar-refractivity contribution is 7.92. The highest BCUT2D eigenvalue weighted by atomic mass is 32.2. The summed E-state index contributed by atoms with van der Waals surface area (Å²) in [6.07, 6.45) is 0. The van der Waals surface area contributed by atoms with Gasteiger partial charge in [-0.15, -0.1) is 0 Å². The maximum atomic E-state index is 14.6. The number of fused-ring (bicyclic) bond motifs is 2. The molecule has 4 nitrogen and oxygen atoms in total. The molecule has 3 aromatic carbocycles. The maximum Gasteiger partial charge on any atom is 0.189 e. The van der Waals surface area contributed by atoms with Crippen molar-refractivity contribution in [3.63, 3.8) is 0 Å². The number of hydrogen-bond donors (Lipinski definition) is 0. The Morgan fingerprint density at radius 2 is 1.09 bits per heavy atom. The Balaban J connectivity index is 1.95. The van der Waals surface area contributed by atoms with Gasteiger partial charge in [0.2, 0.25) is 0 Å². The molecular formula is C30H32N2O2S. The third kappa shape index (κ3) is 3.52. The summed E-state index contributed by atoms with van der Waals surface area (Å²) in [7, 11) is -3.77. The van der Waals surface area contributed by atoms with E-state index in [1.807, 2.05) is 43.3 Å². The van der Waals surface area contributed by atoms with E-state index in [1.54, 1.807) is 12.1 Å². The van der Waals surface area contributed by atoms with Gasteiger partial charge in [-0.05, 0) is 58.9 Å². The van der Waals surface area contributed by atoms with E-state index in [4.69, 9.17) is 0 Å². The van der Waals surface area contributed by atoms with Gasteiger partial charge in [-0.2, -0.15) is 0 Å². The van der Waals surface area contributed by atoms with Crippen LogP contribution in [-0.4, -0.2) is 17.6 Å². The lowest BCUT2D eigenvalue weighted by Gasteiger charge is -2.21. The van der Waals surface area contributed by atoms with Crippen LogP contribution in [0.4, 0.5) is 0 Å². The second-order valence-corrected chi connectivity index (χ2v) is 11.3. The average Bonchev–Trinajstić information content (AvgIpc) is 3.30. The number of nitrogens with zero attached hydrogens (tertiary/aromatic N) is 2. The summed E-state index contributed by atoms with van der Waals surface area (Å²) in [6.45, 7) is 11.9. The largest absolute Gasteiger partial charge is 0.345 e. The number of sulfone groups is 1. The van der Waals surface area contributed by atoms with Crippen LogP contribution in [0.15, 0.2) is 77.7 Å². The van der Waals surface area contributed by atoms with Crippen LogP contribution in [0.2, 0.25) is 0 Å². The van der Waals surface area contributed by atoms with Gasteiger partial charge in [-0.3, -0.25) is 0 Å². The first-order chi connectivity index (χ1) is 16.8. The molecule has 0 unspecified atom stereocenters. The molecule has 2 heterocycles. The fourth-order valence-electron chi connectivity index (χ4n) is 5.71. The van der Waals surface area contributed by atoms with E-state index in [0.29, 0.717) is 4.90 Å². The minimum absolute atomic E-state index is 0.355. The molecule has 0 bridgehead atoms. The molecule has 0 aliphatic heterocycles. The Bertz CT molecular complexity index is 1570. The zero-order chi connectivity index (χ0) is 24.9. The Morgan fingerprint density at radius 3 is 1.51 bits per heavy atom. The first kappa shape index (κ1) is 23.4. The van der Waals surface area contributed by atoms with Crippen LogP contribution in [-0.2, 0) is 22.9 Å². The van der Waals surface area contributed by atoms with Gasteiger partial charge in [0, 0.05) is 57.4 Å². The Labute approximate surface area is 207 Å². The molecule has 0 N–H and O–H groups in total. The molecule has 180 valence electrons. The molecule has 0 radical (unpaired) electrons. The van der Waals surface area contributed by atoms with Crippen LogP contribution < -0.4 is 0 Å². The van der Waals surface area contributed by atoms with Crippen molar-refractivity contribution in [2.45, 2.75) is 57.9 Å². The number of aryl methyl sites for hydroxylation is 3. The summed E-state index contributed by atoms with van der Waals surface area (Å²) >= 11 is 0. The van der Waals surface area contributed by atoms with Crippen LogP contribution in [0.3, 0.4) is 0 Å². The molecule has 0 saturated carbocycles. The van der Waals surface area contributed by atoms with E-state index in [0.717, 1.165) is 63.0 Å². The Kier molecular flexibility index (Phi) is 5.84. The number of para-hydroxylation sites is 2. The lowest BCUT2D eigenvalue weighted by molar-refractivity contribution is 0.588. The molecule has 5 aromatic rings. The van der Waals surface area contributed by atoms with Gasteiger partial charge in [0.1, 0.15) is 5.25 Å². The van der Waals surface area contributed by atoms with Gasteiger partial charge >= 0.3 is 0 Å². The minimum atomic E-state index is -3.77. The second-order valence-electron chi connectivity index (χ2n) is 9.26. The fraction of sp³-hybridized carbons (Fsp3) is 0.267. The van der Waals surface area contributed by atoms with E-state index in [-0.39, 0.29) is 0 Å². The summed E-state index contributed by atoms with van der Waals surface area (Å²) < 4.78 is 33.7. The van der Waals surface area contributed by atoms with Gasteiger partial charge < -0.3 is 9.13 Å². The normalized spacial score (nSPS) is 12.3. The van der Waals surface area contributed by atoms with Crippen molar-refractivity contribution in [3.8, 4) is 0 Å². The van der Waals surface area contributed by atoms with E-state index in [1.165, 1.54) is 0 Å². The minimum Gasteiger partial charge on any atom is -0.345 e. The molecule has 0 saturated heterocycles. The van der Waals surface area contributed by atoms with Gasteiger partial charge in [0.25, 0.3) is 0 Å². The molecular weight excluding hydrogens is 452 g/mol. The fourth-order valence-corrected chi connectivity index (χ4v) is 7.71. The van der Waals surface area contributed by atoms with Crippen LogP contribution in [0.5, 0.6) is 0 Å². The third-order valence-corrected chi connectivity index (χ3v) is 9.40. The highest BCUT2D eigenvalue weighted by Crippen LogP contribution is 2.45. The standard InChI is InChI=1S/C30H32N2O2S/c1-6-31-21(4)28(24-12-8-10-14-26(24)31)30(35(33,34)23-18-16-20(3)17-19-23)29-22(5)32(7-2)27-15-11-9-13-25(27)29/h8-19,30H,6-7H2,1-5H3. The van der Waals surface area contributed by atoms with Gasteiger partial charge in [0.05, 0.1) is 4.90 Å². The van der Waals surface area contributed by atoms with Crippen molar-refractivity contribution in [1.29, 1.82) is 0 Å². The van der Waals surface area contributed by atoms with E-state index >= 15 is 0 Å². The summed E-state index contributed by atoms with van der Waals surface area (Å²) in [5.74, 6) is 0. The maximum absolute atomic E-state index is 14.6. The molecule has 5 heteroatoms. The molecule has 0 spiro atoms. The first-order valence-corrected chi connectivity index (χ1v) is 13.8. The van der Waals surface area contributed by atoms with Crippen molar-refractivity contribution >= 4 is 31.6 Å². The summed E-state index contributed by atoms with van der Waals surface area (Å²) in [4.78, 5) is 0.355. The summed E-state index contributed by atoms with van der Waals surface area (Å²) in [5, 5.41) is 1.18. The van der Waals surface area contributed by atoms with Crippen molar-refractivity contribution in [3.05, 3.63) is 101 Å². The molecule has 0 aliphatic rings. The van der Waals surface area contributed by atoms with E-state index < -0.39 is 15.1 Å². The number of benzene rings is 3. The van der Waals surface area contributed by atoms with Gasteiger partial charge in [-0.25, -0.2) is 8.42 Å². The molecule has 35 heavy (non-hydrogen) atoms. The van der Waals surface area contributed by atoms with Crippen LogP contribution in [0.25, 0.3) is 21.8 Å². The monoisotopic (exact) mass is 484 g/mol. The van der Waals surface area contributed by atoms with Crippen molar-refractivity contribution in [2.24, 2.45) is 0 Å². The van der Waals surface area contributed by atoms with Crippen LogP contribution >= 0.6 is 0 Å². The van der Waals surface area contributed by atoms with Gasteiger partial charge in [-0.1, -0.05) is 54.1 Å². The SMILES string of the molecule is CCn1c(C)c(C(c2c(C)n(CC)c3ccccc23)S(=O)(=O)c2ccc(C)cc2)c2ccccc21. The molecule has 5 rings (SSSR count). The average molecular weight is 485 g/mol. The molecule has 0 fully saturated rings. The predicted molar refractivity (Wildman–Crippen MR) is 145 cm³/mol. The highest BCUT2D eigenvalue weighted by Gasteiger charge is 2.38. The van der Waals surface area contributed by atoms with Crippen LogP contribution in [0, 0.1) is 20.8 Å². The topological polar surface area (TPSA) is 44.0 Å². The zero-order valence-electron chi connectivity index (χ0n) is 21.0. The molecule has 0 atom stereocenters. The van der Waals surface area contributed by atoms with Crippen LogP contribution in [0.1, 0.15) is 47.2 Å². The lowest BCUT2D eigenvalue weighted by Crippen LogP contribution is -2.18. The third-order valence-electron chi connectivity index (χ3n) is 7.38. The quantitative estimate of drug-likeness (QED) is 0.257. The van der Waals surface area contributed by atoms with E-state index in [9.17, 15) is 8.42 Å². The summed E-state index contributed by atoms with van der Waals surface area (Å²) in [5.41, 5.74) is 6.95. The van der Waals surface area contributed by atoms with Crippen molar-refractivity contribution in [1.82, 2.24) is 9.13 Å². The van der Waals surface area contributed by atoms with Gasteiger partial charge in [0.15, 0.2) is 9.84 Å². The lowest BCUT2D eigenvalue weighted by atomic mass is 9.99. The van der Waals surface area contributed by atoms with Crippen molar-refractivity contribution < 1.29 is 8.42 Å². The molecule has 2 aromatic heterocycles. The van der Waals surface area contributed by atoms with Crippen molar-refractivity contribution in [2.75, 3.05) is 0 Å². The predicted octanol–water partition coefficient (Wildman–Crippen LogP) is 7.12. The molecule has 0 amide bonds. The Hall–Kier alpha value is -3.31. The second kappa shape index (κ2) is 8.72. The summed E-state index contributed by atoms with van der Waals surface area (Å²) in [6, 6.07) is 23.6.